The SMILES string of the molecule is CCSc1nnc(NC(=O)[C@@H](Cc2ccccc2)NS(=O)(=O)c2cccc3nsnc23)s1. The maximum absolute atomic E-state index is 13.2. The molecule has 0 spiro atoms. The van der Waals surface area contributed by atoms with Gasteiger partial charge in [0.15, 0.2) is 4.34 Å². The quantitative estimate of drug-likeness (QED) is 0.262. The van der Waals surface area contributed by atoms with Gasteiger partial charge in [0, 0.05) is 0 Å². The lowest BCUT2D eigenvalue weighted by atomic mass is 10.1. The Hall–Kier alpha value is -2.45. The standard InChI is InChI=1S/C19H18N6O3S4/c1-2-29-19-22-21-18(30-19)20-17(26)14(11-12-7-4-3-5-8-12)25-32(27,28)15-10-6-9-13-16(15)24-31-23-13/h3-10,14,25H,2,11H2,1H3,(H,20,21,26)/t14-/m1/s1. The van der Waals surface area contributed by atoms with Crippen molar-refractivity contribution in [1.82, 2.24) is 23.7 Å². The molecule has 13 heteroatoms. The second-order valence-electron chi connectivity index (χ2n) is 6.55. The van der Waals surface area contributed by atoms with Crippen LogP contribution in [0.5, 0.6) is 0 Å². The number of amides is 1. The topological polar surface area (TPSA) is 127 Å². The summed E-state index contributed by atoms with van der Waals surface area (Å²) < 4.78 is 37.9. The van der Waals surface area contributed by atoms with Crippen LogP contribution >= 0.6 is 34.8 Å². The van der Waals surface area contributed by atoms with Crippen LogP contribution in [0.4, 0.5) is 5.13 Å². The van der Waals surface area contributed by atoms with E-state index in [9.17, 15) is 13.2 Å². The van der Waals surface area contributed by atoms with Gasteiger partial charge in [-0.3, -0.25) is 10.1 Å². The molecular weight excluding hydrogens is 489 g/mol. The van der Waals surface area contributed by atoms with Crippen LogP contribution < -0.4 is 10.0 Å². The van der Waals surface area contributed by atoms with Gasteiger partial charge in [-0.05, 0) is 29.9 Å². The number of hydrogen-bond donors (Lipinski definition) is 2. The summed E-state index contributed by atoms with van der Waals surface area (Å²) in [5, 5.41) is 11.0. The Bertz CT molecular complexity index is 1320. The molecule has 1 amide bonds. The van der Waals surface area contributed by atoms with Crippen molar-refractivity contribution in [2.45, 2.75) is 28.6 Å². The van der Waals surface area contributed by atoms with E-state index in [-0.39, 0.29) is 16.8 Å². The molecule has 4 rings (SSSR count). The summed E-state index contributed by atoms with van der Waals surface area (Å²) in [4.78, 5) is 13.1. The first-order valence-electron chi connectivity index (χ1n) is 9.51. The van der Waals surface area contributed by atoms with Crippen molar-refractivity contribution in [3.05, 3.63) is 54.1 Å². The molecule has 2 heterocycles. The summed E-state index contributed by atoms with van der Waals surface area (Å²) in [7, 11) is -4.06. The Morgan fingerprint density at radius 1 is 1.09 bits per heavy atom. The van der Waals surface area contributed by atoms with Crippen molar-refractivity contribution in [3.8, 4) is 0 Å². The first kappa shape index (κ1) is 22.7. The van der Waals surface area contributed by atoms with E-state index in [2.05, 4.69) is 29.0 Å². The molecule has 0 unspecified atom stereocenters. The van der Waals surface area contributed by atoms with Crippen molar-refractivity contribution in [3.63, 3.8) is 0 Å². The van der Waals surface area contributed by atoms with E-state index in [1.807, 2.05) is 37.3 Å². The number of aromatic nitrogens is 4. The molecule has 2 aromatic heterocycles. The van der Waals surface area contributed by atoms with Crippen molar-refractivity contribution >= 4 is 66.9 Å². The van der Waals surface area contributed by atoms with Gasteiger partial charge in [-0.1, -0.05) is 66.4 Å². The highest BCUT2D eigenvalue weighted by Crippen LogP contribution is 2.26. The minimum atomic E-state index is -4.06. The third-order valence-corrected chi connectivity index (χ3v) is 8.24. The Morgan fingerprint density at radius 3 is 2.69 bits per heavy atom. The Balaban J connectivity index is 1.61. The van der Waals surface area contributed by atoms with E-state index >= 15 is 0 Å². The maximum atomic E-state index is 13.2. The van der Waals surface area contributed by atoms with Gasteiger partial charge in [-0.25, -0.2) is 8.42 Å². The summed E-state index contributed by atoms with van der Waals surface area (Å²) >= 11 is 3.69. The third-order valence-electron chi connectivity index (χ3n) is 4.34. The fourth-order valence-corrected chi connectivity index (χ4v) is 6.53. The molecular formula is C19H18N6O3S4. The Labute approximate surface area is 197 Å². The molecule has 166 valence electrons. The van der Waals surface area contributed by atoms with Gasteiger partial charge in [0.25, 0.3) is 0 Å². The van der Waals surface area contributed by atoms with Crippen LogP contribution in [0, 0.1) is 0 Å². The van der Waals surface area contributed by atoms with Crippen LogP contribution in [0.2, 0.25) is 0 Å². The van der Waals surface area contributed by atoms with Crippen LogP contribution in [0.25, 0.3) is 11.0 Å². The lowest BCUT2D eigenvalue weighted by Gasteiger charge is -2.18. The van der Waals surface area contributed by atoms with Gasteiger partial charge in [-0.2, -0.15) is 13.5 Å². The molecule has 0 radical (unpaired) electrons. The van der Waals surface area contributed by atoms with Crippen molar-refractivity contribution in [2.24, 2.45) is 0 Å². The summed E-state index contributed by atoms with van der Waals surface area (Å²) in [6.07, 6.45) is 0.159. The number of hydrogen-bond acceptors (Lipinski definition) is 10. The summed E-state index contributed by atoms with van der Waals surface area (Å²) in [6, 6.07) is 12.8. The molecule has 2 N–H and O–H groups in total. The van der Waals surface area contributed by atoms with Crippen LogP contribution in [0.15, 0.2) is 57.8 Å². The molecule has 0 bridgehead atoms. The van der Waals surface area contributed by atoms with Gasteiger partial charge in [0.1, 0.15) is 22.0 Å². The number of thioether (sulfide) groups is 1. The number of benzene rings is 2. The molecule has 2 aromatic carbocycles. The molecule has 0 aliphatic carbocycles. The number of rotatable bonds is 9. The van der Waals surface area contributed by atoms with Gasteiger partial charge in [-0.15, -0.1) is 10.2 Å². The van der Waals surface area contributed by atoms with Gasteiger partial charge in [0.05, 0.1) is 11.7 Å². The van der Waals surface area contributed by atoms with E-state index in [1.54, 1.807) is 12.1 Å². The predicted octanol–water partition coefficient (Wildman–Crippen LogP) is 3.18. The zero-order chi connectivity index (χ0) is 22.6. The van der Waals surface area contributed by atoms with Gasteiger partial charge < -0.3 is 0 Å². The maximum Gasteiger partial charge on any atom is 0.244 e. The van der Waals surface area contributed by atoms with E-state index in [1.165, 1.54) is 29.2 Å². The summed E-state index contributed by atoms with van der Waals surface area (Å²) in [5.41, 5.74) is 1.56. The van der Waals surface area contributed by atoms with Crippen LogP contribution in [0.3, 0.4) is 0 Å². The number of anilines is 1. The monoisotopic (exact) mass is 506 g/mol. The number of nitrogens with one attached hydrogen (secondary N) is 2. The van der Waals surface area contributed by atoms with Gasteiger partial charge >= 0.3 is 0 Å². The van der Waals surface area contributed by atoms with Crippen molar-refractivity contribution < 1.29 is 13.2 Å². The van der Waals surface area contributed by atoms with E-state index in [4.69, 9.17) is 0 Å². The minimum Gasteiger partial charge on any atom is -0.299 e. The van der Waals surface area contributed by atoms with E-state index in [0.717, 1.165) is 27.4 Å². The number of carbonyl (C=O) groups is 1. The fourth-order valence-electron chi connectivity index (χ4n) is 2.92. The molecule has 0 aliphatic heterocycles. The Morgan fingerprint density at radius 2 is 1.91 bits per heavy atom. The molecule has 0 aliphatic rings. The molecule has 9 nitrogen and oxygen atoms in total. The highest BCUT2D eigenvalue weighted by Gasteiger charge is 2.29. The van der Waals surface area contributed by atoms with Gasteiger partial charge in [0.2, 0.25) is 21.1 Å². The molecule has 0 saturated carbocycles. The molecule has 32 heavy (non-hydrogen) atoms. The lowest BCUT2D eigenvalue weighted by molar-refractivity contribution is -0.117. The zero-order valence-corrected chi connectivity index (χ0v) is 20.0. The first-order valence-corrected chi connectivity index (χ1v) is 13.5. The van der Waals surface area contributed by atoms with Crippen LogP contribution in [-0.4, -0.2) is 45.1 Å². The molecule has 0 saturated heterocycles. The number of fused-ring (bicyclic) bond motifs is 1. The smallest absolute Gasteiger partial charge is 0.244 e. The molecule has 4 aromatic rings. The Kier molecular flexibility index (Phi) is 7.10. The first-order chi connectivity index (χ1) is 15.5. The zero-order valence-electron chi connectivity index (χ0n) is 16.8. The third kappa shape index (κ3) is 5.30. The largest absolute Gasteiger partial charge is 0.299 e. The lowest BCUT2D eigenvalue weighted by Crippen LogP contribution is -2.45. The predicted molar refractivity (Wildman–Crippen MR) is 127 cm³/mol. The average Bonchev–Trinajstić information content (AvgIpc) is 3.43. The van der Waals surface area contributed by atoms with E-state index in [0.29, 0.717) is 10.6 Å². The minimum absolute atomic E-state index is 0.0211. The number of nitrogens with zero attached hydrogens (tertiary/aromatic N) is 4. The highest BCUT2D eigenvalue weighted by atomic mass is 32.2. The van der Waals surface area contributed by atoms with Crippen LogP contribution in [0.1, 0.15) is 12.5 Å². The summed E-state index contributed by atoms with van der Waals surface area (Å²) in [5.74, 6) is 0.306. The summed E-state index contributed by atoms with van der Waals surface area (Å²) in [6.45, 7) is 1.99. The second kappa shape index (κ2) is 10.0. The highest BCUT2D eigenvalue weighted by molar-refractivity contribution is 8.01. The van der Waals surface area contributed by atoms with Crippen molar-refractivity contribution in [2.75, 3.05) is 11.1 Å². The van der Waals surface area contributed by atoms with Crippen LogP contribution in [-0.2, 0) is 21.2 Å². The van der Waals surface area contributed by atoms with Crippen molar-refractivity contribution in [1.29, 1.82) is 0 Å². The molecule has 0 fully saturated rings. The van der Waals surface area contributed by atoms with E-state index < -0.39 is 22.0 Å². The average molecular weight is 507 g/mol. The molecule has 1 atom stereocenters. The number of sulfonamides is 1. The fraction of sp³-hybridized carbons (Fsp3) is 0.211. The number of carbonyl (C=O) groups excluding carboxylic acids is 1. The normalized spacial score (nSPS) is 12.7. The second-order valence-corrected chi connectivity index (χ2v) is 11.2.